The Morgan fingerprint density at radius 3 is 2.22 bits per heavy atom. The quantitative estimate of drug-likeness (QED) is 0.787. The van der Waals surface area contributed by atoms with Crippen LogP contribution < -0.4 is 0 Å². The molecule has 2 aromatic carbocycles. The highest BCUT2D eigenvalue weighted by Crippen LogP contribution is 2.18. The fourth-order valence-corrected chi connectivity index (χ4v) is 2.40. The van der Waals surface area contributed by atoms with Gasteiger partial charge in [-0.05, 0) is 23.7 Å². The number of nitrogens with zero attached hydrogens (tertiary/aromatic N) is 1. The molecule has 18 heavy (non-hydrogen) atoms. The van der Waals surface area contributed by atoms with Gasteiger partial charge in [0.15, 0.2) is 0 Å². The largest absolute Gasteiger partial charge is 0.295 e. The topological polar surface area (TPSA) is 3.24 Å². The zero-order chi connectivity index (χ0) is 12.8. The average Bonchev–Trinajstić information content (AvgIpc) is 2.41. The summed E-state index contributed by atoms with van der Waals surface area (Å²) in [6.45, 7) is 5.24. The zero-order valence-corrected chi connectivity index (χ0v) is 12.2. The molecule has 1 nitrogen and oxygen atoms in total. The first kappa shape index (κ1) is 13.3. The Hall–Kier alpha value is -1.12. The molecular weight excluding hydrogens is 286 g/mol. The van der Waals surface area contributed by atoms with Gasteiger partial charge in [0.25, 0.3) is 0 Å². The third-order valence-corrected chi connectivity index (χ3v) is 3.82. The minimum atomic E-state index is 0.979. The molecule has 0 saturated heterocycles. The molecule has 0 spiro atoms. The molecule has 0 atom stereocenters. The van der Waals surface area contributed by atoms with Gasteiger partial charge in [0.1, 0.15) is 0 Å². The van der Waals surface area contributed by atoms with Crippen LogP contribution in [-0.4, -0.2) is 11.4 Å². The Labute approximate surface area is 118 Å². The minimum absolute atomic E-state index is 0.979. The molecule has 0 N–H and O–H groups in total. The van der Waals surface area contributed by atoms with Crippen molar-refractivity contribution >= 4 is 15.9 Å². The summed E-state index contributed by atoms with van der Waals surface area (Å²) in [5, 5.41) is 0. The summed E-state index contributed by atoms with van der Waals surface area (Å²) in [6.07, 6.45) is 0. The fraction of sp³-hybridized carbons (Fsp3) is 0.250. The third kappa shape index (κ3) is 3.69. The van der Waals surface area contributed by atoms with Crippen molar-refractivity contribution in [2.75, 3.05) is 6.54 Å². The van der Waals surface area contributed by atoms with Gasteiger partial charge in [0, 0.05) is 17.6 Å². The highest BCUT2D eigenvalue weighted by molar-refractivity contribution is 9.10. The lowest BCUT2D eigenvalue weighted by Crippen LogP contribution is -2.22. The van der Waals surface area contributed by atoms with E-state index in [4.69, 9.17) is 0 Å². The van der Waals surface area contributed by atoms with E-state index < -0.39 is 0 Å². The van der Waals surface area contributed by atoms with Gasteiger partial charge in [-0.15, -0.1) is 0 Å². The van der Waals surface area contributed by atoms with Gasteiger partial charge in [0.05, 0.1) is 0 Å². The predicted octanol–water partition coefficient (Wildman–Crippen LogP) is 4.47. The average molecular weight is 304 g/mol. The van der Waals surface area contributed by atoms with Crippen molar-refractivity contribution in [3.05, 3.63) is 70.2 Å². The maximum absolute atomic E-state index is 3.61. The van der Waals surface area contributed by atoms with Crippen molar-refractivity contribution in [2.45, 2.75) is 20.0 Å². The number of benzene rings is 2. The van der Waals surface area contributed by atoms with Crippen LogP contribution in [0.1, 0.15) is 18.1 Å². The molecule has 94 valence electrons. The van der Waals surface area contributed by atoms with Crippen LogP contribution in [0, 0.1) is 0 Å². The van der Waals surface area contributed by atoms with E-state index >= 15 is 0 Å². The van der Waals surface area contributed by atoms with Crippen molar-refractivity contribution in [2.24, 2.45) is 0 Å². The van der Waals surface area contributed by atoms with E-state index in [-0.39, 0.29) is 0 Å². The second kappa shape index (κ2) is 6.72. The van der Waals surface area contributed by atoms with Gasteiger partial charge in [-0.3, -0.25) is 4.90 Å². The number of rotatable bonds is 5. The predicted molar refractivity (Wildman–Crippen MR) is 80.4 cm³/mol. The highest BCUT2D eigenvalue weighted by Gasteiger charge is 2.06. The maximum Gasteiger partial charge on any atom is 0.0248 e. The summed E-state index contributed by atoms with van der Waals surface area (Å²) in [4.78, 5) is 2.44. The summed E-state index contributed by atoms with van der Waals surface area (Å²) in [6, 6.07) is 19.1. The maximum atomic E-state index is 3.61. The van der Waals surface area contributed by atoms with Gasteiger partial charge >= 0.3 is 0 Å². The molecule has 0 radical (unpaired) electrons. The monoisotopic (exact) mass is 303 g/mol. The van der Waals surface area contributed by atoms with Gasteiger partial charge in [-0.25, -0.2) is 0 Å². The Morgan fingerprint density at radius 2 is 1.56 bits per heavy atom. The molecule has 2 rings (SSSR count). The van der Waals surface area contributed by atoms with Crippen molar-refractivity contribution in [1.82, 2.24) is 4.90 Å². The minimum Gasteiger partial charge on any atom is -0.295 e. The zero-order valence-electron chi connectivity index (χ0n) is 10.6. The summed E-state index contributed by atoms with van der Waals surface area (Å²) >= 11 is 3.61. The number of hydrogen-bond acceptors (Lipinski definition) is 1. The normalized spacial score (nSPS) is 10.8. The van der Waals surface area contributed by atoms with Crippen LogP contribution >= 0.6 is 15.9 Å². The second-order valence-electron chi connectivity index (χ2n) is 4.38. The highest BCUT2D eigenvalue weighted by atomic mass is 79.9. The van der Waals surface area contributed by atoms with Crippen LogP contribution in [-0.2, 0) is 13.1 Å². The van der Waals surface area contributed by atoms with Gasteiger partial charge < -0.3 is 0 Å². The van der Waals surface area contributed by atoms with Crippen molar-refractivity contribution in [3.63, 3.8) is 0 Å². The summed E-state index contributed by atoms with van der Waals surface area (Å²) < 4.78 is 1.19. The first-order valence-corrected chi connectivity index (χ1v) is 7.08. The first-order valence-electron chi connectivity index (χ1n) is 6.29. The second-order valence-corrected chi connectivity index (χ2v) is 5.23. The van der Waals surface area contributed by atoms with Gasteiger partial charge in [-0.2, -0.15) is 0 Å². The van der Waals surface area contributed by atoms with E-state index in [1.807, 2.05) is 0 Å². The summed E-state index contributed by atoms with van der Waals surface area (Å²) in [5.74, 6) is 0. The third-order valence-electron chi connectivity index (χ3n) is 3.05. The van der Waals surface area contributed by atoms with Gasteiger partial charge in [-0.1, -0.05) is 71.4 Å². The lowest BCUT2D eigenvalue weighted by molar-refractivity contribution is 0.271. The Morgan fingerprint density at radius 1 is 0.889 bits per heavy atom. The van der Waals surface area contributed by atoms with Gasteiger partial charge in [0.2, 0.25) is 0 Å². The Kier molecular flexibility index (Phi) is 4.97. The molecule has 2 aromatic rings. The smallest absolute Gasteiger partial charge is 0.0248 e. The first-order chi connectivity index (χ1) is 8.79. The molecular formula is C16H18BrN. The van der Waals surface area contributed by atoms with E-state index in [0.717, 1.165) is 19.6 Å². The van der Waals surface area contributed by atoms with Crippen LogP contribution in [0.15, 0.2) is 59.1 Å². The molecule has 2 heteroatoms. The van der Waals surface area contributed by atoms with Crippen molar-refractivity contribution < 1.29 is 0 Å². The fourth-order valence-electron chi connectivity index (χ4n) is 1.99. The van der Waals surface area contributed by atoms with Crippen LogP contribution in [0.4, 0.5) is 0 Å². The number of hydrogen-bond donors (Lipinski definition) is 0. The molecule has 0 bridgehead atoms. The van der Waals surface area contributed by atoms with E-state index in [0.29, 0.717) is 0 Å². The molecule has 0 aromatic heterocycles. The number of halogens is 1. The van der Waals surface area contributed by atoms with Crippen molar-refractivity contribution in [3.8, 4) is 0 Å². The van der Waals surface area contributed by atoms with E-state index in [9.17, 15) is 0 Å². The van der Waals surface area contributed by atoms with Crippen LogP contribution in [0.25, 0.3) is 0 Å². The molecule has 0 aliphatic carbocycles. The SMILES string of the molecule is CCN(Cc1ccccc1)Cc1ccccc1Br. The van der Waals surface area contributed by atoms with Crippen molar-refractivity contribution in [1.29, 1.82) is 0 Å². The summed E-state index contributed by atoms with van der Waals surface area (Å²) in [7, 11) is 0. The molecule has 0 amide bonds. The lowest BCUT2D eigenvalue weighted by atomic mass is 10.1. The van der Waals surface area contributed by atoms with Crippen LogP contribution in [0.5, 0.6) is 0 Å². The van der Waals surface area contributed by atoms with Crippen LogP contribution in [0.2, 0.25) is 0 Å². The molecule has 0 unspecified atom stereocenters. The molecule has 0 aliphatic rings. The Bertz CT molecular complexity index is 481. The van der Waals surface area contributed by atoms with E-state index in [2.05, 4.69) is 82.4 Å². The van der Waals surface area contributed by atoms with E-state index in [1.54, 1.807) is 0 Å². The molecule has 0 saturated carbocycles. The Balaban J connectivity index is 2.04. The molecule has 0 aliphatic heterocycles. The van der Waals surface area contributed by atoms with Crippen LogP contribution in [0.3, 0.4) is 0 Å². The molecule has 0 heterocycles. The van der Waals surface area contributed by atoms with E-state index in [1.165, 1.54) is 15.6 Å². The molecule has 0 fully saturated rings. The standard InChI is InChI=1S/C16H18BrN/c1-2-18(12-14-8-4-3-5-9-14)13-15-10-6-7-11-16(15)17/h3-11H,2,12-13H2,1H3. The lowest BCUT2D eigenvalue weighted by Gasteiger charge is -2.21. The summed E-state index contributed by atoms with van der Waals surface area (Å²) in [5.41, 5.74) is 2.71.